The number of amides is 1. The second-order valence-corrected chi connectivity index (χ2v) is 6.70. The zero-order valence-corrected chi connectivity index (χ0v) is 15.8. The van der Waals surface area contributed by atoms with Crippen LogP contribution in [0.25, 0.3) is 16.8 Å². The van der Waals surface area contributed by atoms with Crippen LogP contribution < -0.4 is 5.32 Å². The zero-order valence-electron chi connectivity index (χ0n) is 15.8. The van der Waals surface area contributed by atoms with Crippen molar-refractivity contribution < 1.29 is 9.18 Å². The first-order valence-corrected chi connectivity index (χ1v) is 9.22. The molecule has 0 fully saturated rings. The summed E-state index contributed by atoms with van der Waals surface area (Å²) in [6, 6.07) is 17.2. The smallest absolute Gasteiger partial charge is 0.251 e. The Kier molecular flexibility index (Phi) is 5.16. The van der Waals surface area contributed by atoms with Crippen molar-refractivity contribution in [2.45, 2.75) is 13.0 Å². The highest BCUT2D eigenvalue weighted by Crippen LogP contribution is 2.20. The Balaban J connectivity index is 1.44. The van der Waals surface area contributed by atoms with E-state index in [9.17, 15) is 9.18 Å². The lowest BCUT2D eigenvalue weighted by molar-refractivity contribution is 0.0940. The molecule has 2 aromatic carbocycles. The summed E-state index contributed by atoms with van der Waals surface area (Å²) in [4.78, 5) is 16.6. The Bertz CT molecular complexity index is 1110. The maximum absolute atomic E-state index is 13.1. The van der Waals surface area contributed by atoms with Gasteiger partial charge in [0.1, 0.15) is 5.82 Å². The molecule has 144 valence electrons. The largest absolute Gasteiger partial charge is 0.345 e. The van der Waals surface area contributed by atoms with Gasteiger partial charge in [0.05, 0.1) is 17.9 Å². The van der Waals surface area contributed by atoms with Gasteiger partial charge in [-0.25, -0.2) is 9.07 Å². The Morgan fingerprint density at radius 2 is 1.62 bits per heavy atom. The average molecular weight is 386 g/mol. The minimum absolute atomic E-state index is 0.159. The van der Waals surface area contributed by atoms with E-state index < -0.39 is 0 Å². The molecule has 0 bridgehead atoms. The molecule has 0 saturated carbocycles. The van der Waals surface area contributed by atoms with E-state index in [-0.39, 0.29) is 17.8 Å². The second kappa shape index (κ2) is 8.06. The van der Waals surface area contributed by atoms with Gasteiger partial charge in [0.15, 0.2) is 0 Å². The lowest BCUT2D eigenvalue weighted by atomic mass is 10.0. The second-order valence-electron chi connectivity index (χ2n) is 6.70. The van der Waals surface area contributed by atoms with E-state index in [1.165, 1.54) is 12.1 Å². The van der Waals surface area contributed by atoms with Crippen molar-refractivity contribution in [1.29, 1.82) is 0 Å². The van der Waals surface area contributed by atoms with Gasteiger partial charge in [-0.3, -0.25) is 9.78 Å². The number of nitrogens with zero attached hydrogens (tertiary/aromatic N) is 3. The predicted octanol–water partition coefficient (Wildman–Crippen LogP) is 4.56. The number of halogens is 1. The van der Waals surface area contributed by atoms with E-state index in [1.54, 1.807) is 47.5 Å². The van der Waals surface area contributed by atoms with Gasteiger partial charge in [0.2, 0.25) is 0 Å². The first-order chi connectivity index (χ1) is 14.1. The summed E-state index contributed by atoms with van der Waals surface area (Å²) in [5, 5.41) is 7.28. The van der Waals surface area contributed by atoms with E-state index >= 15 is 0 Å². The zero-order chi connectivity index (χ0) is 20.2. The number of hydrogen-bond acceptors (Lipinski definition) is 3. The number of hydrogen-bond donors (Lipinski definition) is 1. The number of aromatic nitrogens is 3. The lowest BCUT2D eigenvalue weighted by Crippen LogP contribution is -2.26. The Hall–Kier alpha value is -3.80. The molecule has 0 aliphatic rings. The van der Waals surface area contributed by atoms with Gasteiger partial charge < -0.3 is 5.32 Å². The van der Waals surface area contributed by atoms with Crippen molar-refractivity contribution in [2.24, 2.45) is 0 Å². The van der Waals surface area contributed by atoms with E-state index in [2.05, 4.69) is 15.4 Å². The quantitative estimate of drug-likeness (QED) is 0.547. The van der Waals surface area contributed by atoms with Crippen LogP contribution in [0.5, 0.6) is 0 Å². The van der Waals surface area contributed by atoms with Crippen LogP contribution in [-0.4, -0.2) is 20.7 Å². The number of pyridine rings is 1. The normalized spacial score (nSPS) is 11.8. The molecule has 0 aliphatic carbocycles. The van der Waals surface area contributed by atoms with Gasteiger partial charge >= 0.3 is 0 Å². The van der Waals surface area contributed by atoms with Crippen molar-refractivity contribution in [1.82, 2.24) is 20.1 Å². The van der Waals surface area contributed by atoms with Gasteiger partial charge in [-0.15, -0.1) is 0 Å². The molecule has 0 radical (unpaired) electrons. The standard InChI is InChI=1S/C23H19FN4O/c1-16(20-14-26-28(15-20)22-8-6-21(24)7-9-22)27-23(29)19-4-2-17(3-5-19)18-10-12-25-13-11-18/h2-16H,1H3,(H,27,29). The van der Waals surface area contributed by atoms with E-state index in [0.29, 0.717) is 5.56 Å². The summed E-state index contributed by atoms with van der Waals surface area (Å²) in [7, 11) is 0. The van der Waals surface area contributed by atoms with Gasteiger partial charge in [-0.2, -0.15) is 5.10 Å². The summed E-state index contributed by atoms with van der Waals surface area (Å²) in [6.07, 6.45) is 7.00. The molecule has 0 spiro atoms. The fraction of sp³-hybridized carbons (Fsp3) is 0.0870. The molecule has 5 nitrogen and oxygen atoms in total. The van der Waals surface area contributed by atoms with E-state index in [4.69, 9.17) is 0 Å². The fourth-order valence-electron chi connectivity index (χ4n) is 3.02. The number of rotatable bonds is 5. The highest BCUT2D eigenvalue weighted by Gasteiger charge is 2.14. The molecule has 1 amide bonds. The molecule has 29 heavy (non-hydrogen) atoms. The minimum atomic E-state index is -0.295. The SMILES string of the molecule is CC(NC(=O)c1ccc(-c2ccncc2)cc1)c1cnn(-c2ccc(F)cc2)c1. The summed E-state index contributed by atoms with van der Waals surface area (Å²) >= 11 is 0. The predicted molar refractivity (Wildman–Crippen MR) is 109 cm³/mol. The molecule has 1 atom stereocenters. The van der Waals surface area contributed by atoms with Crippen LogP contribution in [0.4, 0.5) is 4.39 Å². The summed E-state index contributed by atoms with van der Waals surface area (Å²) < 4.78 is 14.7. The third kappa shape index (κ3) is 4.21. The van der Waals surface area contributed by atoms with Crippen LogP contribution >= 0.6 is 0 Å². The van der Waals surface area contributed by atoms with Crippen molar-refractivity contribution in [2.75, 3.05) is 0 Å². The van der Waals surface area contributed by atoms with Gasteiger partial charge in [0, 0.05) is 29.7 Å². The first kappa shape index (κ1) is 18.6. The van der Waals surface area contributed by atoms with Crippen molar-refractivity contribution >= 4 is 5.91 Å². The molecule has 6 heteroatoms. The van der Waals surface area contributed by atoms with Gasteiger partial charge in [-0.05, 0) is 66.6 Å². The van der Waals surface area contributed by atoms with Crippen LogP contribution in [0.15, 0.2) is 85.5 Å². The van der Waals surface area contributed by atoms with Crippen LogP contribution in [0, 0.1) is 5.82 Å². The Labute approximate surface area is 167 Å². The topological polar surface area (TPSA) is 59.8 Å². The number of nitrogens with one attached hydrogen (secondary N) is 1. The third-order valence-electron chi connectivity index (χ3n) is 4.70. The molecular weight excluding hydrogens is 367 g/mol. The van der Waals surface area contributed by atoms with E-state index in [1.807, 2.05) is 37.4 Å². The van der Waals surface area contributed by atoms with Crippen molar-refractivity contribution in [3.63, 3.8) is 0 Å². The Morgan fingerprint density at radius 3 is 2.31 bits per heavy atom. The van der Waals surface area contributed by atoms with Crippen molar-refractivity contribution in [3.8, 4) is 16.8 Å². The Morgan fingerprint density at radius 1 is 0.966 bits per heavy atom. The first-order valence-electron chi connectivity index (χ1n) is 9.22. The lowest BCUT2D eigenvalue weighted by Gasteiger charge is -2.12. The number of carbonyl (C=O) groups excluding carboxylic acids is 1. The molecule has 4 rings (SSSR count). The van der Waals surface area contributed by atoms with Crippen LogP contribution in [0.3, 0.4) is 0 Å². The molecule has 1 N–H and O–H groups in total. The molecular formula is C23H19FN4O. The number of carbonyl (C=O) groups is 1. The summed E-state index contributed by atoms with van der Waals surface area (Å²) in [5.41, 5.74) is 4.27. The van der Waals surface area contributed by atoms with Crippen LogP contribution in [-0.2, 0) is 0 Å². The fourth-order valence-corrected chi connectivity index (χ4v) is 3.02. The maximum atomic E-state index is 13.1. The highest BCUT2D eigenvalue weighted by atomic mass is 19.1. The molecule has 0 saturated heterocycles. The number of benzene rings is 2. The van der Waals surface area contributed by atoms with Gasteiger partial charge in [-0.1, -0.05) is 12.1 Å². The molecule has 2 aromatic heterocycles. The molecule has 2 heterocycles. The average Bonchev–Trinajstić information content (AvgIpc) is 3.25. The minimum Gasteiger partial charge on any atom is -0.345 e. The molecule has 0 aliphatic heterocycles. The molecule has 1 unspecified atom stereocenters. The van der Waals surface area contributed by atoms with Gasteiger partial charge in [0.25, 0.3) is 5.91 Å². The summed E-state index contributed by atoms with van der Waals surface area (Å²) in [6.45, 7) is 1.90. The molecule has 4 aromatic rings. The third-order valence-corrected chi connectivity index (χ3v) is 4.70. The van der Waals surface area contributed by atoms with Crippen molar-refractivity contribution in [3.05, 3.63) is 102 Å². The highest BCUT2D eigenvalue weighted by molar-refractivity contribution is 5.94. The van der Waals surface area contributed by atoms with E-state index in [0.717, 1.165) is 22.4 Å². The summed E-state index contributed by atoms with van der Waals surface area (Å²) in [5.74, 6) is -0.454. The monoisotopic (exact) mass is 386 g/mol. The van der Waals surface area contributed by atoms with Crippen LogP contribution in [0.2, 0.25) is 0 Å². The van der Waals surface area contributed by atoms with Crippen LogP contribution in [0.1, 0.15) is 28.9 Å². The maximum Gasteiger partial charge on any atom is 0.251 e.